The first-order chi connectivity index (χ1) is 10.7. The summed E-state index contributed by atoms with van der Waals surface area (Å²) >= 11 is 0. The Kier molecular flexibility index (Phi) is 9.99. The number of hydrogen-bond donors (Lipinski definition) is 1. The Morgan fingerprint density at radius 2 is 1.43 bits per heavy atom. The number of hydrogen-bond acceptors (Lipinski definition) is 2. The first kappa shape index (κ1) is 22.9. The Morgan fingerprint density at radius 1 is 0.913 bits per heavy atom. The molecule has 0 saturated heterocycles. The minimum absolute atomic E-state index is 0.187. The Balaban J connectivity index is 5.39. The molecule has 140 valence electrons. The van der Waals surface area contributed by atoms with Crippen molar-refractivity contribution in [1.29, 1.82) is 0 Å². The molecular weight excluding hydrogens is 306 g/mol. The van der Waals surface area contributed by atoms with Crippen molar-refractivity contribution in [3.63, 3.8) is 0 Å². The van der Waals surface area contributed by atoms with E-state index in [1.165, 1.54) is 12.8 Å². The molecule has 0 heterocycles. The molecule has 0 radical (unpaired) electrons. The molecule has 0 aromatic rings. The maximum absolute atomic E-state index is 13.3. The second-order valence-corrected chi connectivity index (χ2v) is 9.31. The molecule has 0 saturated carbocycles. The standard InChI is InChI=1S/C19H41NO2S/c1-8-14-15-17(9-2)16-20-23(21,22)19(12-5,13-6)18(7,10-3)11-4/h17,20H,8-16H2,1-7H3. The monoisotopic (exact) mass is 347 g/mol. The molecule has 0 fully saturated rings. The van der Waals surface area contributed by atoms with E-state index in [0.717, 1.165) is 25.7 Å². The second-order valence-electron chi connectivity index (χ2n) is 7.24. The van der Waals surface area contributed by atoms with Gasteiger partial charge in [0, 0.05) is 6.54 Å². The van der Waals surface area contributed by atoms with E-state index in [1.54, 1.807) is 0 Å². The van der Waals surface area contributed by atoms with E-state index in [0.29, 0.717) is 25.3 Å². The Labute approximate surface area is 146 Å². The van der Waals surface area contributed by atoms with Crippen LogP contribution in [0.4, 0.5) is 0 Å². The Hall–Kier alpha value is -0.0900. The van der Waals surface area contributed by atoms with Crippen molar-refractivity contribution in [2.24, 2.45) is 11.3 Å². The molecule has 0 amide bonds. The first-order valence-electron chi connectivity index (χ1n) is 9.73. The molecule has 1 unspecified atom stereocenters. The predicted octanol–water partition coefficient (Wildman–Crippen LogP) is 5.51. The van der Waals surface area contributed by atoms with Gasteiger partial charge in [0.05, 0.1) is 4.75 Å². The quantitative estimate of drug-likeness (QED) is 0.477. The zero-order chi connectivity index (χ0) is 18.1. The third-order valence-corrected chi connectivity index (χ3v) is 9.07. The molecule has 0 aromatic heterocycles. The summed E-state index contributed by atoms with van der Waals surface area (Å²) in [4.78, 5) is 0. The van der Waals surface area contributed by atoms with E-state index in [9.17, 15) is 8.42 Å². The van der Waals surface area contributed by atoms with Gasteiger partial charge in [-0.25, -0.2) is 13.1 Å². The van der Waals surface area contributed by atoms with Crippen LogP contribution in [0.2, 0.25) is 0 Å². The third-order valence-electron chi connectivity index (χ3n) is 6.42. The Bertz CT molecular complexity index is 409. The van der Waals surface area contributed by atoms with E-state index >= 15 is 0 Å². The van der Waals surface area contributed by atoms with Crippen LogP contribution in [0.25, 0.3) is 0 Å². The predicted molar refractivity (Wildman–Crippen MR) is 102 cm³/mol. The topological polar surface area (TPSA) is 46.2 Å². The minimum atomic E-state index is -3.35. The van der Waals surface area contributed by atoms with Gasteiger partial charge in [0.25, 0.3) is 0 Å². The van der Waals surface area contributed by atoms with Crippen LogP contribution in [-0.2, 0) is 10.0 Å². The van der Waals surface area contributed by atoms with E-state index in [4.69, 9.17) is 0 Å². The van der Waals surface area contributed by atoms with Crippen LogP contribution in [-0.4, -0.2) is 19.7 Å². The van der Waals surface area contributed by atoms with Crippen molar-refractivity contribution >= 4 is 10.0 Å². The van der Waals surface area contributed by atoms with E-state index in [1.807, 2.05) is 13.8 Å². The van der Waals surface area contributed by atoms with Crippen LogP contribution in [0, 0.1) is 11.3 Å². The maximum atomic E-state index is 13.3. The summed E-state index contributed by atoms with van der Waals surface area (Å²) in [5, 5.41) is 0. The summed E-state index contributed by atoms with van der Waals surface area (Å²) in [6.07, 6.45) is 7.60. The van der Waals surface area contributed by atoms with Crippen LogP contribution < -0.4 is 4.72 Å². The molecular formula is C19H41NO2S. The number of nitrogens with one attached hydrogen (secondary N) is 1. The van der Waals surface area contributed by atoms with Gasteiger partial charge < -0.3 is 0 Å². The van der Waals surface area contributed by atoms with Gasteiger partial charge in [-0.2, -0.15) is 0 Å². The average Bonchev–Trinajstić information content (AvgIpc) is 2.55. The lowest BCUT2D eigenvalue weighted by Gasteiger charge is -2.47. The highest BCUT2D eigenvalue weighted by Gasteiger charge is 2.52. The fourth-order valence-electron chi connectivity index (χ4n) is 4.01. The van der Waals surface area contributed by atoms with Crippen molar-refractivity contribution in [2.75, 3.05) is 6.54 Å². The minimum Gasteiger partial charge on any atom is -0.214 e. The SMILES string of the molecule is CCCCC(CC)CNS(=O)(=O)C(CC)(CC)C(C)(CC)CC. The summed E-state index contributed by atoms with van der Waals surface area (Å²) in [6, 6.07) is 0. The molecule has 1 atom stereocenters. The molecule has 0 aliphatic carbocycles. The van der Waals surface area contributed by atoms with Crippen molar-refractivity contribution in [3.8, 4) is 0 Å². The van der Waals surface area contributed by atoms with Crippen LogP contribution in [0.15, 0.2) is 0 Å². The highest BCUT2D eigenvalue weighted by molar-refractivity contribution is 7.91. The molecule has 0 bridgehead atoms. The Morgan fingerprint density at radius 3 is 1.78 bits per heavy atom. The van der Waals surface area contributed by atoms with Crippen molar-refractivity contribution < 1.29 is 8.42 Å². The zero-order valence-electron chi connectivity index (χ0n) is 16.7. The summed E-state index contributed by atoms with van der Waals surface area (Å²) in [7, 11) is -3.35. The molecule has 4 heteroatoms. The lowest BCUT2D eigenvalue weighted by atomic mass is 9.69. The fourth-order valence-corrected chi connectivity index (χ4v) is 6.44. The number of sulfonamides is 1. The molecule has 0 aliphatic heterocycles. The van der Waals surface area contributed by atoms with Gasteiger partial charge in [-0.05, 0) is 43.4 Å². The van der Waals surface area contributed by atoms with Gasteiger partial charge in [-0.15, -0.1) is 0 Å². The molecule has 0 aliphatic rings. The maximum Gasteiger partial charge on any atom is 0.217 e. The molecule has 1 N–H and O–H groups in total. The summed E-state index contributed by atoms with van der Waals surface area (Å²) in [5.74, 6) is 0.450. The lowest BCUT2D eigenvalue weighted by Crippen LogP contribution is -2.56. The molecule has 0 aromatic carbocycles. The van der Waals surface area contributed by atoms with Gasteiger partial charge in [-0.1, -0.05) is 67.7 Å². The van der Waals surface area contributed by atoms with E-state index in [2.05, 4.69) is 39.3 Å². The normalized spacial score (nSPS) is 14.9. The van der Waals surface area contributed by atoms with Crippen LogP contribution >= 0.6 is 0 Å². The van der Waals surface area contributed by atoms with Gasteiger partial charge >= 0.3 is 0 Å². The molecule has 0 spiro atoms. The summed E-state index contributed by atoms with van der Waals surface area (Å²) < 4.78 is 28.9. The largest absolute Gasteiger partial charge is 0.217 e. The number of rotatable bonds is 13. The van der Waals surface area contributed by atoms with Crippen LogP contribution in [0.3, 0.4) is 0 Å². The van der Waals surface area contributed by atoms with Crippen molar-refractivity contribution in [2.45, 2.75) is 105 Å². The average molecular weight is 348 g/mol. The van der Waals surface area contributed by atoms with E-state index in [-0.39, 0.29) is 5.41 Å². The van der Waals surface area contributed by atoms with Crippen molar-refractivity contribution in [1.82, 2.24) is 4.72 Å². The lowest BCUT2D eigenvalue weighted by molar-refractivity contribution is 0.177. The van der Waals surface area contributed by atoms with Crippen molar-refractivity contribution in [3.05, 3.63) is 0 Å². The highest BCUT2D eigenvalue weighted by atomic mass is 32.2. The van der Waals surface area contributed by atoms with E-state index < -0.39 is 14.8 Å². The summed E-state index contributed by atoms with van der Waals surface area (Å²) in [5.41, 5.74) is -0.187. The van der Waals surface area contributed by atoms with Gasteiger partial charge in [0.15, 0.2) is 0 Å². The summed E-state index contributed by atoms with van der Waals surface area (Å²) in [6.45, 7) is 15.4. The zero-order valence-corrected chi connectivity index (χ0v) is 17.5. The van der Waals surface area contributed by atoms with Gasteiger partial charge in [0.1, 0.15) is 0 Å². The molecule has 3 nitrogen and oxygen atoms in total. The third kappa shape index (κ3) is 4.94. The van der Waals surface area contributed by atoms with Crippen LogP contribution in [0.5, 0.6) is 0 Å². The second kappa shape index (κ2) is 10.0. The fraction of sp³-hybridized carbons (Fsp3) is 1.00. The van der Waals surface area contributed by atoms with Gasteiger partial charge in [0.2, 0.25) is 10.0 Å². The smallest absolute Gasteiger partial charge is 0.214 e. The molecule has 23 heavy (non-hydrogen) atoms. The van der Waals surface area contributed by atoms with Gasteiger partial charge in [-0.3, -0.25) is 0 Å². The first-order valence-corrected chi connectivity index (χ1v) is 11.2. The van der Waals surface area contributed by atoms with Crippen LogP contribution in [0.1, 0.15) is 99.8 Å². The molecule has 0 rings (SSSR count). The number of unbranched alkanes of at least 4 members (excludes halogenated alkanes) is 1. The highest BCUT2D eigenvalue weighted by Crippen LogP contribution is 2.47.